The van der Waals surface area contributed by atoms with Crippen LogP contribution in [-0.2, 0) is 16.8 Å². The zero-order chi connectivity index (χ0) is 14.0. The molecule has 1 aromatic heterocycles. The highest BCUT2D eigenvalue weighted by Crippen LogP contribution is 2.35. The van der Waals surface area contributed by atoms with E-state index in [4.69, 9.17) is 5.73 Å². The topological polar surface area (TPSA) is 59.2 Å². The minimum atomic E-state index is -0.558. The summed E-state index contributed by atoms with van der Waals surface area (Å²) in [4.78, 5) is 18.6. The molecule has 2 N–H and O–H groups in total. The summed E-state index contributed by atoms with van der Waals surface area (Å²) < 4.78 is 0. The first-order chi connectivity index (χ1) is 9.71. The van der Waals surface area contributed by atoms with Crippen molar-refractivity contribution in [3.8, 4) is 0 Å². The fraction of sp³-hybridized carbons (Fsp3) is 0.333. The van der Waals surface area contributed by atoms with Gasteiger partial charge < -0.3 is 5.73 Å². The van der Waals surface area contributed by atoms with Gasteiger partial charge in [-0.2, -0.15) is 0 Å². The van der Waals surface area contributed by atoms with Gasteiger partial charge in [-0.05, 0) is 12.0 Å². The molecular formula is C15H17N3OS. The average Bonchev–Trinajstić information content (AvgIpc) is 3.10. The number of carbonyl (C=O) groups is 1. The summed E-state index contributed by atoms with van der Waals surface area (Å²) in [5.41, 5.74) is 9.08. The Kier molecular flexibility index (Phi) is 3.54. The Hall–Kier alpha value is -1.72. The molecule has 0 bridgehead atoms. The van der Waals surface area contributed by atoms with Gasteiger partial charge in [-0.25, -0.2) is 4.98 Å². The molecule has 1 aliphatic rings. The van der Waals surface area contributed by atoms with Crippen molar-refractivity contribution in [2.24, 2.45) is 5.73 Å². The summed E-state index contributed by atoms with van der Waals surface area (Å²) in [5, 5.41) is 2.05. The van der Waals surface area contributed by atoms with Gasteiger partial charge in [0.05, 0.1) is 16.6 Å². The molecular weight excluding hydrogens is 270 g/mol. The third-order valence-electron chi connectivity index (χ3n) is 4.02. The van der Waals surface area contributed by atoms with Crippen LogP contribution in [0.1, 0.15) is 17.7 Å². The van der Waals surface area contributed by atoms with Crippen LogP contribution in [0.25, 0.3) is 0 Å². The van der Waals surface area contributed by atoms with E-state index < -0.39 is 5.41 Å². The number of hydrogen-bond donors (Lipinski definition) is 1. The minimum Gasteiger partial charge on any atom is -0.369 e. The van der Waals surface area contributed by atoms with Crippen molar-refractivity contribution in [3.05, 3.63) is 52.5 Å². The number of benzene rings is 1. The van der Waals surface area contributed by atoms with Crippen molar-refractivity contribution in [3.63, 3.8) is 0 Å². The quantitative estimate of drug-likeness (QED) is 0.932. The average molecular weight is 287 g/mol. The maximum absolute atomic E-state index is 12.1. The van der Waals surface area contributed by atoms with Gasteiger partial charge in [0.1, 0.15) is 0 Å². The molecule has 1 fully saturated rings. The van der Waals surface area contributed by atoms with Crippen molar-refractivity contribution in [2.45, 2.75) is 18.4 Å². The lowest BCUT2D eigenvalue weighted by Crippen LogP contribution is -2.43. The van der Waals surface area contributed by atoms with E-state index in [1.54, 1.807) is 11.3 Å². The second-order valence-corrected chi connectivity index (χ2v) is 5.97. The molecule has 20 heavy (non-hydrogen) atoms. The molecule has 1 unspecified atom stereocenters. The van der Waals surface area contributed by atoms with Crippen molar-refractivity contribution < 1.29 is 4.79 Å². The lowest BCUT2D eigenvalue weighted by Gasteiger charge is -2.26. The van der Waals surface area contributed by atoms with E-state index >= 15 is 0 Å². The molecule has 2 aromatic rings. The predicted octanol–water partition coefficient (Wildman–Crippen LogP) is 1.77. The Morgan fingerprint density at radius 2 is 2.20 bits per heavy atom. The van der Waals surface area contributed by atoms with Crippen LogP contribution in [0.2, 0.25) is 0 Å². The van der Waals surface area contributed by atoms with Gasteiger partial charge in [0.15, 0.2) is 0 Å². The SMILES string of the molecule is NC(=O)C1(c2ccccc2)CCN(Cc2cscn2)C1. The molecule has 104 valence electrons. The Morgan fingerprint density at radius 1 is 1.40 bits per heavy atom. The van der Waals surface area contributed by atoms with Crippen LogP contribution in [-0.4, -0.2) is 28.9 Å². The van der Waals surface area contributed by atoms with E-state index in [1.165, 1.54) is 0 Å². The first-order valence-corrected chi connectivity index (χ1v) is 7.60. The van der Waals surface area contributed by atoms with Crippen LogP contribution < -0.4 is 5.73 Å². The second-order valence-electron chi connectivity index (χ2n) is 5.25. The normalized spacial score (nSPS) is 23.0. The molecule has 1 aliphatic heterocycles. The third kappa shape index (κ3) is 2.34. The molecule has 4 nitrogen and oxygen atoms in total. The monoisotopic (exact) mass is 287 g/mol. The number of primary amides is 1. The number of likely N-dealkylation sites (tertiary alicyclic amines) is 1. The first kappa shape index (κ1) is 13.3. The number of nitrogens with two attached hydrogens (primary N) is 1. The molecule has 1 saturated heterocycles. The molecule has 1 aromatic carbocycles. The Balaban J connectivity index is 1.82. The number of rotatable bonds is 4. The fourth-order valence-electron chi connectivity index (χ4n) is 2.90. The standard InChI is InChI=1S/C15H17N3OS/c16-14(19)15(12-4-2-1-3-5-12)6-7-18(10-15)8-13-9-20-11-17-13/h1-5,9,11H,6-8,10H2,(H2,16,19). The minimum absolute atomic E-state index is 0.232. The van der Waals surface area contributed by atoms with Crippen LogP contribution in [0.3, 0.4) is 0 Å². The molecule has 3 rings (SSSR count). The number of nitrogens with zero attached hydrogens (tertiary/aromatic N) is 2. The van der Waals surface area contributed by atoms with Crippen molar-refractivity contribution in [2.75, 3.05) is 13.1 Å². The van der Waals surface area contributed by atoms with Crippen LogP contribution >= 0.6 is 11.3 Å². The highest BCUT2D eigenvalue weighted by atomic mass is 32.1. The van der Waals surface area contributed by atoms with Crippen LogP contribution in [0.4, 0.5) is 0 Å². The number of aromatic nitrogens is 1. The summed E-state index contributed by atoms with van der Waals surface area (Å²) in [6.45, 7) is 2.32. The fourth-order valence-corrected chi connectivity index (χ4v) is 3.45. The van der Waals surface area contributed by atoms with Gasteiger partial charge in [0, 0.05) is 25.0 Å². The van der Waals surface area contributed by atoms with Crippen LogP contribution in [0.5, 0.6) is 0 Å². The van der Waals surface area contributed by atoms with Crippen molar-refractivity contribution in [1.82, 2.24) is 9.88 Å². The van der Waals surface area contributed by atoms with Gasteiger partial charge >= 0.3 is 0 Å². The first-order valence-electron chi connectivity index (χ1n) is 6.65. The largest absolute Gasteiger partial charge is 0.369 e. The van der Waals surface area contributed by atoms with Gasteiger partial charge in [-0.1, -0.05) is 30.3 Å². The highest BCUT2D eigenvalue weighted by molar-refractivity contribution is 7.07. The van der Waals surface area contributed by atoms with E-state index in [0.717, 1.165) is 30.8 Å². The molecule has 0 spiro atoms. The lowest BCUT2D eigenvalue weighted by atomic mass is 9.79. The summed E-state index contributed by atoms with van der Waals surface area (Å²) in [7, 11) is 0. The number of hydrogen-bond acceptors (Lipinski definition) is 4. The summed E-state index contributed by atoms with van der Waals surface area (Å²) in [5.74, 6) is -0.232. The number of amides is 1. The highest BCUT2D eigenvalue weighted by Gasteiger charge is 2.44. The van der Waals surface area contributed by atoms with Gasteiger partial charge in [-0.15, -0.1) is 11.3 Å². The van der Waals surface area contributed by atoms with Crippen LogP contribution in [0, 0.1) is 0 Å². The number of carbonyl (C=O) groups excluding carboxylic acids is 1. The van der Waals surface area contributed by atoms with E-state index in [9.17, 15) is 4.79 Å². The van der Waals surface area contributed by atoms with E-state index in [1.807, 2.05) is 41.2 Å². The second kappa shape index (κ2) is 5.34. The smallest absolute Gasteiger partial charge is 0.229 e. The molecule has 0 radical (unpaired) electrons. The van der Waals surface area contributed by atoms with Crippen LogP contribution in [0.15, 0.2) is 41.2 Å². The van der Waals surface area contributed by atoms with E-state index in [-0.39, 0.29) is 5.91 Å². The van der Waals surface area contributed by atoms with Crippen molar-refractivity contribution in [1.29, 1.82) is 0 Å². The lowest BCUT2D eigenvalue weighted by molar-refractivity contribution is -0.123. The Morgan fingerprint density at radius 3 is 2.85 bits per heavy atom. The molecule has 0 aliphatic carbocycles. The summed E-state index contributed by atoms with van der Waals surface area (Å²) in [6, 6.07) is 9.88. The van der Waals surface area contributed by atoms with Gasteiger partial charge in [0.2, 0.25) is 5.91 Å². The van der Waals surface area contributed by atoms with E-state index in [2.05, 4.69) is 9.88 Å². The van der Waals surface area contributed by atoms with E-state index in [0.29, 0.717) is 6.54 Å². The Labute approximate surface area is 122 Å². The molecule has 1 atom stereocenters. The van der Waals surface area contributed by atoms with Crippen molar-refractivity contribution >= 4 is 17.2 Å². The zero-order valence-electron chi connectivity index (χ0n) is 11.2. The number of thiazole rings is 1. The summed E-state index contributed by atoms with van der Waals surface area (Å²) in [6.07, 6.45) is 0.774. The maximum atomic E-state index is 12.1. The Bertz CT molecular complexity index is 584. The third-order valence-corrected chi connectivity index (χ3v) is 4.65. The molecule has 0 saturated carbocycles. The van der Waals surface area contributed by atoms with Gasteiger partial charge in [0.25, 0.3) is 0 Å². The zero-order valence-corrected chi connectivity index (χ0v) is 12.0. The molecule has 1 amide bonds. The predicted molar refractivity (Wildman–Crippen MR) is 79.3 cm³/mol. The molecule has 5 heteroatoms. The molecule has 2 heterocycles. The summed E-state index contributed by atoms with van der Waals surface area (Å²) >= 11 is 1.60. The maximum Gasteiger partial charge on any atom is 0.229 e. The van der Waals surface area contributed by atoms with Gasteiger partial charge in [-0.3, -0.25) is 9.69 Å².